The number of amidine groups is 1. The maximum atomic E-state index is 15.5. The van der Waals surface area contributed by atoms with E-state index >= 15 is 13.2 Å². The normalized spacial score (nSPS) is 17.4. The summed E-state index contributed by atoms with van der Waals surface area (Å²) in [5.41, 5.74) is 6.68. The van der Waals surface area contributed by atoms with Crippen molar-refractivity contribution >= 4 is 28.5 Å². The minimum atomic E-state index is -0.763. The summed E-state index contributed by atoms with van der Waals surface area (Å²) in [5, 5.41) is 14.2. The fourth-order valence-electron chi connectivity index (χ4n) is 5.92. The maximum Gasteiger partial charge on any atom is 0.354 e. The smallest absolute Gasteiger partial charge is 0.354 e. The fourth-order valence-corrected chi connectivity index (χ4v) is 6.16. The zero-order valence-corrected chi connectivity index (χ0v) is 25.8. The Hall–Kier alpha value is -3.93. The van der Waals surface area contributed by atoms with Crippen LogP contribution in [0.4, 0.5) is 13.2 Å². The Kier molecular flexibility index (Phi) is 10.1. The van der Waals surface area contributed by atoms with Crippen molar-refractivity contribution in [3.05, 3.63) is 93.3 Å². The van der Waals surface area contributed by atoms with Gasteiger partial charge in [0.05, 0.1) is 22.2 Å². The average molecular weight is 640 g/mol. The maximum absolute atomic E-state index is 15.5. The van der Waals surface area contributed by atoms with Gasteiger partial charge in [0.25, 0.3) is 0 Å². The van der Waals surface area contributed by atoms with E-state index in [2.05, 4.69) is 27.2 Å². The van der Waals surface area contributed by atoms with Crippen LogP contribution >= 0.6 is 11.6 Å². The molecule has 1 fully saturated rings. The number of benzene rings is 2. The van der Waals surface area contributed by atoms with E-state index in [0.29, 0.717) is 36.3 Å². The van der Waals surface area contributed by atoms with Gasteiger partial charge in [0.15, 0.2) is 5.82 Å². The van der Waals surface area contributed by atoms with E-state index in [0.717, 1.165) is 54.4 Å². The van der Waals surface area contributed by atoms with E-state index in [1.165, 1.54) is 6.20 Å². The van der Waals surface area contributed by atoms with E-state index in [1.54, 1.807) is 31.2 Å². The molecule has 238 valence electrons. The summed E-state index contributed by atoms with van der Waals surface area (Å²) in [5.74, 6) is -1.78. The number of aromatic nitrogens is 3. The summed E-state index contributed by atoms with van der Waals surface area (Å²) < 4.78 is 47.2. The number of nitrogens with one attached hydrogen (secondary N) is 4. The molecular weight excluding hydrogens is 603 g/mol. The molecule has 0 saturated carbocycles. The Morgan fingerprint density at radius 2 is 2.00 bits per heavy atom. The highest BCUT2D eigenvalue weighted by atomic mass is 35.5. The molecule has 0 amide bonds. The van der Waals surface area contributed by atoms with Crippen LogP contribution in [-0.4, -0.2) is 39.0 Å². The number of aryl methyl sites for hydroxylation is 1. The largest absolute Gasteiger partial charge is 0.374 e. The number of hydrogen-bond acceptors (Lipinski definition) is 5. The Labute approximate surface area is 264 Å². The molecule has 1 saturated heterocycles. The molecule has 45 heavy (non-hydrogen) atoms. The fraction of sp³-hybridized carbons (Fsp3) is 0.364. The van der Waals surface area contributed by atoms with Gasteiger partial charge >= 0.3 is 5.69 Å². The Bertz CT molecular complexity index is 1760. The lowest BCUT2D eigenvalue weighted by molar-refractivity contribution is 0.300. The van der Waals surface area contributed by atoms with Crippen LogP contribution in [0.25, 0.3) is 28.0 Å². The monoisotopic (exact) mass is 639 g/mol. The van der Waals surface area contributed by atoms with Crippen LogP contribution in [0.2, 0.25) is 5.02 Å². The molecule has 4 aromatic rings. The number of hydrogen-bond donors (Lipinski definition) is 5. The van der Waals surface area contributed by atoms with Gasteiger partial charge in [0.2, 0.25) is 0 Å². The number of piperidine rings is 1. The van der Waals surface area contributed by atoms with Crippen LogP contribution in [0.1, 0.15) is 62.6 Å². The second-order valence-corrected chi connectivity index (χ2v) is 12.0. The van der Waals surface area contributed by atoms with Crippen LogP contribution in [0.5, 0.6) is 0 Å². The summed E-state index contributed by atoms with van der Waals surface area (Å²) in [7, 11) is 0. The van der Waals surface area contributed by atoms with Crippen molar-refractivity contribution in [3.8, 4) is 16.9 Å². The first-order valence-corrected chi connectivity index (χ1v) is 15.4. The van der Waals surface area contributed by atoms with Gasteiger partial charge in [-0.3, -0.25) is 9.98 Å². The van der Waals surface area contributed by atoms with Crippen molar-refractivity contribution < 1.29 is 13.2 Å². The molecule has 0 spiro atoms. The Balaban J connectivity index is 1.40. The second-order valence-electron chi connectivity index (χ2n) is 11.6. The number of nitrogens with two attached hydrogens (primary N) is 1. The van der Waals surface area contributed by atoms with Gasteiger partial charge in [-0.25, -0.2) is 18.0 Å². The van der Waals surface area contributed by atoms with Crippen LogP contribution in [0.3, 0.4) is 0 Å². The molecule has 1 aliphatic rings. The van der Waals surface area contributed by atoms with Crippen molar-refractivity contribution in [2.24, 2.45) is 5.73 Å². The third-order valence-electron chi connectivity index (χ3n) is 8.25. The first-order chi connectivity index (χ1) is 21.5. The zero-order valence-electron chi connectivity index (χ0n) is 25.0. The molecule has 6 N–H and O–H groups in total. The molecule has 12 heteroatoms. The summed E-state index contributed by atoms with van der Waals surface area (Å²) >= 11 is 6.22. The summed E-state index contributed by atoms with van der Waals surface area (Å²) in [6.45, 7) is 5.95. The number of halogens is 4. The molecule has 0 radical (unpaired) electrons. The molecule has 3 heterocycles. The highest BCUT2D eigenvalue weighted by molar-refractivity contribution is 6.31. The summed E-state index contributed by atoms with van der Waals surface area (Å²) in [6.07, 6.45) is 8.19. The van der Waals surface area contributed by atoms with Gasteiger partial charge in [-0.1, -0.05) is 24.1 Å². The molecule has 0 unspecified atom stereocenters. The minimum Gasteiger partial charge on any atom is -0.374 e. The molecule has 2 aromatic heterocycles. The molecule has 0 bridgehead atoms. The van der Waals surface area contributed by atoms with E-state index in [9.17, 15) is 4.79 Å². The molecule has 1 aliphatic heterocycles. The quantitative estimate of drug-likeness (QED) is 0.0733. The predicted molar refractivity (Wildman–Crippen MR) is 173 cm³/mol. The molecule has 5 rings (SSSR count). The van der Waals surface area contributed by atoms with Gasteiger partial charge in [-0.05, 0) is 81.3 Å². The number of H-pyrrole nitrogens is 1. The second kappa shape index (κ2) is 14.0. The lowest BCUT2D eigenvalue weighted by Gasteiger charge is -2.32. The highest BCUT2D eigenvalue weighted by Crippen LogP contribution is 2.33. The van der Waals surface area contributed by atoms with Gasteiger partial charge in [-0.15, -0.1) is 6.58 Å². The van der Waals surface area contributed by atoms with Crippen molar-refractivity contribution in [2.75, 3.05) is 6.54 Å². The SMILES string of the molecule is C=C[C@H](N)CCCc1cc(Cl)c(F)c(-c2cc3cn(-c4cc(F)c([C@@H]5CCC[C@@H](CCNC(C)=N)N5)c(F)c4)c(=O)nc3[nH]2)c1. The average Bonchev–Trinajstić information content (AvgIpc) is 3.40. The molecule has 8 nitrogen and oxygen atoms in total. The Morgan fingerprint density at radius 1 is 1.24 bits per heavy atom. The van der Waals surface area contributed by atoms with Gasteiger partial charge in [0.1, 0.15) is 17.3 Å². The number of nitrogens with zero attached hydrogens (tertiary/aromatic N) is 2. The minimum absolute atomic E-state index is 0.0112. The lowest BCUT2D eigenvalue weighted by Crippen LogP contribution is -2.40. The zero-order chi connectivity index (χ0) is 32.2. The Morgan fingerprint density at radius 3 is 2.71 bits per heavy atom. The predicted octanol–water partition coefficient (Wildman–Crippen LogP) is 6.45. The first-order valence-electron chi connectivity index (χ1n) is 15.1. The van der Waals surface area contributed by atoms with E-state index in [1.807, 2.05) is 0 Å². The van der Waals surface area contributed by atoms with Gasteiger partial charge in [0, 0.05) is 47.4 Å². The standard InChI is InChI=1S/C33H37ClF3N7O/c1-3-21(39)7-4-6-19-12-24(31(37)25(34)13-19)29-14-20-17-44(33(45)43-32(20)42-29)23-15-26(35)30(27(36)16-23)28-9-5-8-22(41-28)10-11-40-18(2)38/h3,12-17,21-22,28,41H,1,4-11,39H2,2H3,(H2,38,40)(H,42,43,45)/t21-,22-,28-/m0/s1. The third-order valence-corrected chi connectivity index (χ3v) is 8.52. The summed E-state index contributed by atoms with van der Waals surface area (Å²) in [6, 6.07) is 6.57. The summed E-state index contributed by atoms with van der Waals surface area (Å²) in [4.78, 5) is 20.0. The van der Waals surface area contributed by atoms with Crippen molar-refractivity contribution in [3.63, 3.8) is 0 Å². The third kappa shape index (κ3) is 7.49. The molecular formula is C33H37ClF3N7O. The van der Waals surface area contributed by atoms with E-state index in [-0.39, 0.29) is 39.6 Å². The number of rotatable bonds is 11. The molecule has 2 aromatic carbocycles. The van der Waals surface area contributed by atoms with Gasteiger partial charge in [-0.2, -0.15) is 4.98 Å². The van der Waals surface area contributed by atoms with Crippen LogP contribution < -0.4 is 22.1 Å². The van der Waals surface area contributed by atoms with Gasteiger partial charge < -0.3 is 21.4 Å². The van der Waals surface area contributed by atoms with Crippen molar-refractivity contribution in [2.45, 2.75) is 70.0 Å². The molecule has 3 atom stereocenters. The van der Waals surface area contributed by atoms with Crippen LogP contribution in [0.15, 0.2) is 54.0 Å². The van der Waals surface area contributed by atoms with Crippen LogP contribution in [0, 0.1) is 22.9 Å². The number of fused-ring (bicyclic) bond motifs is 1. The van der Waals surface area contributed by atoms with Crippen LogP contribution in [-0.2, 0) is 6.42 Å². The first kappa shape index (κ1) is 32.5. The van der Waals surface area contributed by atoms with E-state index in [4.69, 9.17) is 22.7 Å². The topological polar surface area (TPSA) is 125 Å². The highest BCUT2D eigenvalue weighted by Gasteiger charge is 2.27. The van der Waals surface area contributed by atoms with Crippen molar-refractivity contribution in [1.82, 2.24) is 25.2 Å². The van der Waals surface area contributed by atoms with E-state index < -0.39 is 29.2 Å². The number of aromatic amines is 1. The van der Waals surface area contributed by atoms with Crippen molar-refractivity contribution in [1.29, 1.82) is 5.41 Å². The molecule has 0 aliphatic carbocycles. The lowest BCUT2D eigenvalue weighted by atomic mass is 9.91.